The third kappa shape index (κ3) is 2.20. The Morgan fingerprint density at radius 1 is 1.14 bits per heavy atom. The molecule has 8 heteroatoms. The van der Waals surface area contributed by atoms with Gasteiger partial charge in [0.2, 0.25) is 0 Å². The van der Waals surface area contributed by atoms with E-state index in [1.54, 1.807) is 6.07 Å². The van der Waals surface area contributed by atoms with Crippen LogP contribution in [0, 0.1) is 20.2 Å². The molecule has 0 saturated carbocycles. The molecule has 2 rings (SSSR count). The number of carbonyl (C=O) groups is 1. The van der Waals surface area contributed by atoms with E-state index >= 15 is 0 Å². The first kappa shape index (κ1) is 14.5. The molecule has 108 valence electrons. The Hall–Kier alpha value is -2.90. The molecule has 0 aromatic heterocycles. The summed E-state index contributed by atoms with van der Waals surface area (Å²) in [6, 6.07) is 7.50. The number of benzene rings is 1. The zero-order valence-corrected chi connectivity index (χ0v) is 10.5. The van der Waals surface area contributed by atoms with Gasteiger partial charge in [-0.25, -0.2) is 4.39 Å². The van der Waals surface area contributed by atoms with Crippen LogP contribution in [0.1, 0.15) is 10.4 Å². The average Bonchev–Trinajstić information content (AvgIpc) is 2.47. The molecule has 1 aliphatic carbocycles. The van der Waals surface area contributed by atoms with Gasteiger partial charge in [0.1, 0.15) is 9.85 Å². The second-order valence-corrected chi connectivity index (χ2v) is 4.34. The summed E-state index contributed by atoms with van der Waals surface area (Å²) in [6.07, 6.45) is -0.150. The molecule has 0 fully saturated rings. The van der Waals surface area contributed by atoms with Gasteiger partial charge in [0.25, 0.3) is 6.17 Å². The smallest absolute Gasteiger partial charge is 0.289 e. The van der Waals surface area contributed by atoms with Crippen molar-refractivity contribution in [3.8, 4) is 0 Å². The Morgan fingerprint density at radius 2 is 1.71 bits per heavy atom. The minimum atomic E-state index is -3.17. The topological polar surface area (TPSA) is 103 Å². The number of nitro groups is 2. The fraction of sp³-hybridized carbons (Fsp3) is 0.154. The standard InChI is InChI=1S/C13H9FN2O5/c14-12-10(11(17)9-5-2-1-3-6-9)7-4-8-13(12,15(18)19)16(20)21/h1-8,12H. The highest BCUT2D eigenvalue weighted by Crippen LogP contribution is 2.32. The van der Waals surface area contributed by atoms with Crippen molar-refractivity contribution in [1.82, 2.24) is 0 Å². The van der Waals surface area contributed by atoms with Gasteiger partial charge in [-0.1, -0.05) is 42.5 Å². The number of Topliss-reactive ketones (excluding diaryl/α,β-unsaturated/α-hetero) is 1. The van der Waals surface area contributed by atoms with Gasteiger partial charge in [0, 0.05) is 11.1 Å². The van der Waals surface area contributed by atoms with E-state index in [1.807, 2.05) is 0 Å². The maximum absolute atomic E-state index is 14.4. The number of halogens is 1. The highest BCUT2D eigenvalue weighted by atomic mass is 19.1. The van der Waals surface area contributed by atoms with Crippen LogP contribution in [0.15, 0.2) is 54.1 Å². The zero-order valence-electron chi connectivity index (χ0n) is 10.5. The minimum Gasteiger partial charge on any atom is -0.289 e. The van der Waals surface area contributed by atoms with Crippen molar-refractivity contribution < 1.29 is 19.0 Å². The number of alkyl halides is 1. The fourth-order valence-electron chi connectivity index (χ4n) is 2.01. The number of ketones is 1. The molecule has 21 heavy (non-hydrogen) atoms. The predicted octanol–water partition coefficient (Wildman–Crippen LogP) is 1.95. The molecule has 0 aliphatic heterocycles. The van der Waals surface area contributed by atoms with Crippen molar-refractivity contribution in [2.75, 3.05) is 0 Å². The molecule has 0 radical (unpaired) electrons. The molecule has 1 aliphatic rings. The van der Waals surface area contributed by atoms with Crippen molar-refractivity contribution in [3.05, 3.63) is 79.9 Å². The molecule has 7 nitrogen and oxygen atoms in total. The van der Waals surface area contributed by atoms with Crippen LogP contribution >= 0.6 is 0 Å². The molecule has 0 bridgehead atoms. The zero-order chi connectivity index (χ0) is 15.6. The van der Waals surface area contributed by atoms with Gasteiger partial charge in [-0.3, -0.25) is 25.0 Å². The Labute approximate surface area is 117 Å². The summed E-state index contributed by atoms with van der Waals surface area (Å²) in [5.41, 5.74) is -3.69. The molecule has 1 atom stereocenters. The van der Waals surface area contributed by atoms with E-state index in [-0.39, 0.29) is 5.56 Å². The average molecular weight is 292 g/mol. The van der Waals surface area contributed by atoms with Crippen molar-refractivity contribution in [3.63, 3.8) is 0 Å². The van der Waals surface area contributed by atoms with Crippen LogP contribution in [-0.2, 0) is 0 Å². The summed E-state index contributed by atoms with van der Waals surface area (Å²) in [5, 5.41) is 21.9. The summed E-state index contributed by atoms with van der Waals surface area (Å²) in [5.74, 6) is -0.819. The van der Waals surface area contributed by atoms with E-state index in [0.717, 1.165) is 12.2 Å². The molecular weight excluding hydrogens is 283 g/mol. The number of rotatable bonds is 4. The summed E-state index contributed by atoms with van der Waals surface area (Å²) in [6.45, 7) is 0. The molecule has 0 heterocycles. The van der Waals surface area contributed by atoms with Gasteiger partial charge in [0.15, 0.2) is 5.78 Å². The van der Waals surface area contributed by atoms with Gasteiger partial charge < -0.3 is 0 Å². The second-order valence-electron chi connectivity index (χ2n) is 4.34. The van der Waals surface area contributed by atoms with E-state index in [9.17, 15) is 29.4 Å². The summed E-state index contributed by atoms with van der Waals surface area (Å²) in [4.78, 5) is 31.4. The number of hydrogen-bond donors (Lipinski definition) is 0. The molecule has 0 N–H and O–H groups in total. The van der Waals surface area contributed by atoms with Crippen LogP contribution in [0.3, 0.4) is 0 Å². The lowest BCUT2D eigenvalue weighted by Crippen LogP contribution is -2.54. The monoisotopic (exact) mass is 292 g/mol. The van der Waals surface area contributed by atoms with E-state index < -0.39 is 33.0 Å². The highest BCUT2D eigenvalue weighted by Gasteiger charge is 2.65. The largest absolute Gasteiger partial charge is 0.512 e. The summed E-state index contributed by atoms with van der Waals surface area (Å²) >= 11 is 0. The number of nitrogens with zero attached hydrogens (tertiary/aromatic N) is 2. The Morgan fingerprint density at radius 3 is 2.24 bits per heavy atom. The lowest BCUT2D eigenvalue weighted by molar-refractivity contribution is -0.786. The Bertz CT molecular complexity index is 654. The minimum absolute atomic E-state index is 0.0993. The van der Waals surface area contributed by atoms with Gasteiger partial charge in [-0.05, 0) is 0 Å². The van der Waals surface area contributed by atoms with E-state index in [4.69, 9.17) is 0 Å². The second kappa shape index (κ2) is 5.23. The Kier molecular flexibility index (Phi) is 3.62. The highest BCUT2D eigenvalue weighted by molar-refractivity contribution is 6.09. The van der Waals surface area contributed by atoms with Crippen molar-refractivity contribution in [2.45, 2.75) is 11.8 Å². The van der Waals surface area contributed by atoms with Gasteiger partial charge >= 0.3 is 5.66 Å². The van der Waals surface area contributed by atoms with Crippen molar-refractivity contribution in [2.24, 2.45) is 0 Å². The molecule has 0 amide bonds. The predicted molar refractivity (Wildman–Crippen MR) is 69.6 cm³/mol. The van der Waals surface area contributed by atoms with Crippen LogP contribution in [-0.4, -0.2) is 27.5 Å². The SMILES string of the molecule is O=C(C1=CC=CC([N+](=O)[O-])([N+](=O)[O-])C1F)c1ccccc1. The summed E-state index contributed by atoms with van der Waals surface area (Å²) in [7, 11) is 0. The van der Waals surface area contributed by atoms with Gasteiger partial charge in [-0.15, -0.1) is 0 Å². The Balaban J connectivity index is 2.46. The van der Waals surface area contributed by atoms with E-state index in [0.29, 0.717) is 6.08 Å². The first-order valence-electron chi connectivity index (χ1n) is 5.83. The van der Waals surface area contributed by atoms with E-state index in [2.05, 4.69) is 0 Å². The fourth-order valence-corrected chi connectivity index (χ4v) is 2.01. The first-order chi connectivity index (χ1) is 9.91. The number of carbonyl (C=O) groups excluding carboxylic acids is 1. The lowest BCUT2D eigenvalue weighted by Gasteiger charge is -2.21. The van der Waals surface area contributed by atoms with Crippen LogP contribution < -0.4 is 0 Å². The van der Waals surface area contributed by atoms with E-state index in [1.165, 1.54) is 24.3 Å². The van der Waals surface area contributed by atoms with Gasteiger partial charge in [0.05, 0.1) is 6.08 Å². The molecular formula is C13H9FN2O5. The molecule has 0 spiro atoms. The van der Waals surface area contributed by atoms with Crippen molar-refractivity contribution in [1.29, 1.82) is 0 Å². The third-order valence-corrected chi connectivity index (χ3v) is 3.15. The number of allylic oxidation sites excluding steroid dienone is 2. The summed E-state index contributed by atoms with van der Waals surface area (Å²) < 4.78 is 14.4. The molecule has 1 aromatic rings. The third-order valence-electron chi connectivity index (χ3n) is 3.15. The van der Waals surface area contributed by atoms with Crippen LogP contribution in [0.25, 0.3) is 0 Å². The maximum atomic E-state index is 14.4. The molecule has 0 saturated heterocycles. The maximum Gasteiger partial charge on any atom is 0.512 e. The normalized spacial score (nSPS) is 19.7. The quantitative estimate of drug-likeness (QED) is 0.365. The number of hydrogen-bond acceptors (Lipinski definition) is 5. The van der Waals surface area contributed by atoms with Crippen LogP contribution in [0.5, 0.6) is 0 Å². The van der Waals surface area contributed by atoms with Gasteiger partial charge in [-0.2, -0.15) is 0 Å². The van der Waals surface area contributed by atoms with Crippen LogP contribution in [0.4, 0.5) is 4.39 Å². The molecule has 1 aromatic carbocycles. The molecule has 1 unspecified atom stereocenters. The van der Waals surface area contributed by atoms with Crippen molar-refractivity contribution >= 4 is 5.78 Å². The lowest BCUT2D eigenvalue weighted by atomic mass is 9.88. The van der Waals surface area contributed by atoms with Crippen LogP contribution in [0.2, 0.25) is 0 Å². The first-order valence-corrected chi connectivity index (χ1v) is 5.83.